The number of alkyl halides is 1. The number of benzene rings is 4. The van der Waals surface area contributed by atoms with E-state index in [4.69, 9.17) is 59.6 Å². The average Bonchev–Trinajstić information content (AvgIpc) is 3.83. The lowest BCUT2D eigenvalue weighted by atomic mass is 9.87. The number of anilines is 1. The number of para-hydroxylation sites is 1. The zero-order valence-corrected chi connectivity index (χ0v) is 50.3. The van der Waals surface area contributed by atoms with E-state index < -0.39 is 35.9 Å². The Labute approximate surface area is 507 Å². The Morgan fingerprint density at radius 2 is 1.16 bits per heavy atom. The number of esters is 6. The van der Waals surface area contributed by atoms with Crippen LogP contribution in [0.25, 0.3) is 10.2 Å². The number of ether oxygens (including phenoxy) is 8. The second-order valence-corrected chi connectivity index (χ2v) is 22.7. The quantitative estimate of drug-likeness (QED) is 0.00541. The van der Waals surface area contributed by atoms with Crippen molar-refractivity contribution in [1.29, 1.82) is 0 Å². The number of thiazole rings is 1. The third-order valence-electron chi connectivity index (χ3n) is 14.8. The number of fused-ring (bicyclic) bond motifs is 1. The van der Waals surface area contributed by atoms with Crippen LogP contribution >= 0.6 is 22.9 Å². The van der Waals surface area contributed by atoms with Crippen LogP contribution in [0.2, 0.25) is 0 Å². The number of nitrogens with zero attached hydrogens (tertiary/aromatic N) is 3. The number of halogens is 1. The maximum absolute atomic E-state index is 14.2. The van der Waals surface area contributed by atoms with E-state index in [1.54, 1.807) is 72.9 Å². The zero-order valence-electron chi connectivity index (χ0n) is 48.8. The molecule has 2 aliphatic rings. The first-order chi connectivity index (χ1) is 41.5. The SMILES string of the molecule is C=CC(=O)OCCCCCCOc1ccc(OC(=O)[C@H]2CC[C@H](OC(=O)c3ccc(OC(=O)[C@H]4CC[C@H](OC(=O)c5ccc(OCCCCCCOC(=O)CCCl)cc5)CC4)cc3/C=N/N(CCCCCC)c3nc4ccccc4s3)CC2)cc1. The first kappa shape index (κ1) is 65.2. The van der Waals surface area contributed by atoms with Gasteiger partial charge in [0, 0.05) is 24.1 Å². The Hall–Kier alpha value is -7.31. The van der Waals surface area contributed by atoms with E-state index in [1.807, 2.05) is 29.3 Å². The van der Waals surface area contributed by atoms with Crippen molar-refractivity contribution in [1.82, 2.24) is 4.98 Å². The molecule has 1 heterocycles. The number of unbranched alkanes of at least 4 members (excludes halogenated alkanes) is 9. The van der Waals surface area contributed by atoms with Crippen molar-refractivity contribution in [2.24, 2.45) is 16.9 Å². The number of rotatable bonds is 35. The minimum Gasteiger partial charge on any atom is -0.494 e. The molecule has 456 valence electrons. The fourth-order valence-electron chi connectivity index (χ4n) is 9.91. The normalized spacial score (nSPS) is 16.7. The van der Waals surface area contributed by atoms with Gasteiger partial charge in [-0.2, -0.15) is 5.10 Å². The molecule has 2 saturated carbocycles. The van der Waals surface area contributed by atoms with Gasteiger partial charge in [-0.3, -0.25) is 14.4 Å². The standard InChI is InChI=1S/C66H80ClN3O14S/c1-3-5-6-13-40-70(66-69-58-18-11-12-19-59(58)85-66)68-46-50-45-56(84-64(75)49-22-28-53(29-23-49)81-62(73)47-20-26-51(27-21-47)77-41-14-8-10-17-44-80-61(72)38-39-67)36-37-57(50)65(76)83-54-30-24-48(25-31-54)63(74)82-55-34-32-52(33-35-55)78-42-15-7-9-16-43-79-60(71)4-2/h4,11-12,18-21,26-27,32-37,45-46,48-49,53-54H,2-3,5-10,13-17,22-25,28-31,38-44H2,1H3/b68-46+/t48-,49-,53-,54-. The van der Waals surface area contributed by atoms with Crippen molar-refractivity contribution in [3.63, 3.8) is 0 Å². The summed E-state index contributed by atoms with van der Waals surface area (Å²) in [6, 6.07) is 26.5. The molecule has 0 unspecified atom stereocenters. The summed E-state index contributed by atoms with van der Waals surface area (Å²) in [7, 11) is 0. The number of hydrogen-bond acceptors (Lipinski definition) is 18. The molecule has 0 aliphatic heterocycles. The van der Waals surface area contributed by atoms with Crippen LogP contribution in [0.4, 0.5) is 5.13 Å². The van der Waals surface area contributed by atoms with E-state index in [1.165, 1.54) is 11.3 Å². The fourth-order valence-corrected chi connectivity index (χ4v) is 11.0. The molecule has 0 saturated heterocycles. The molecule has 85 heavy (non-hydrogen) atoms. The Bertz CT molecular complexity index is 2920. The zero-order chi connectivity index (χ0) is 60.0. The lowest BCUT2D eigenvalue weighted by Crippen LogP contribution is -2.30. The lowest BCUT2D eigenvalue weighted by Gasteiger charge is -2.27. The molecular formula is C66H80ClN3O14S. The van der Waals surface area contributed by atoms with Gasteiger partial charge in [0.1, 0.15) is 35.2 Å². The molecular weight excluding hydrogens is 1130 g/mol. The van der Waals surface area contributed by atoms with E-state index in [2.05, 4.69) is 13.5 Å². The summed E-state index contributed by atoms with van der Waals surface area (Å²) < 4.78 is 46.6. The van der Waals surface area contributed by atoms with Crippen molar-refractivity contribution in [2.75, 3.05) is 43.9 Å². The molecule has 5 aromatic rings. The van der Waals surface area contributed by atoms with Crippen LogP contribution in [0.3, 0.4) is 0 Å². The molecule has 0 bridgehead atoms. The topological polar surface area (TPSA) is 205 Å². The van der Waals surface area contributed by atoms with Gasteiger partial charge >= 0.3 is 35.8 Å². The predicted octanol–water partition coefficient (Wildman–Crippen LogP) is 14.1. The maximum atomic E-state index is 14.2. The lowest BCUT2D eigenvalue weighted by molar-refractivity contribution is -0.143. The van der Waals surface area contributed by atoms with E-state index in [9.17, 15) is 28.8 Å². The second kappa shape index (κ2) is 35.9. The first-order valence-electron chi connectivity index (χ1n) is 30.1. The van der Waals surface area contributed by atoms with Crippen LogP contribution in [0, 0.1) is 11.8 Å². The molecule has 0 radical (unpaired) electrons. The van der Waals surface area contributed by atoms with Crippen molar-refractivity contribution in [3.8, 4) is 23.0 Å². The highest BCUT2D eigenvalue weighted by Gasteiger charge is 2.32. The van der Waals surface area contributed by atoms with Crippen molar-refractivity contribution >= 4 is 80.3 Å². The van der Waals surface area contributed by atoms with Crippen LogP contribution < -0.4 is 24.0 Å². The summed E-state index contributed by atoms with van der Waals surface area (Å²) in [5, 5.41) is 7.49. The Balaban J connectivity index is 0.904. The summed E-state index contributed by atoms with van der Waals surface area (Å²) in [4.78, 5) is 81.9. The Morgan fingerprint density at radius 3 is 1.76 bits per heavy atom. The largest absolute Gasteiger partial charge is 0.494 e. The molecule has 19 heteroatoms. The summed E-state index contributed by atoms with van der Waals surface area (Å²) in [5.41, 5.74) is 1.90. The highest BCUT2D eigenvalue weighted by molar-refractivity contribution is 7.22. The predicted molar refractivity (Wildman–Crippen MR) is 327 cm³/mol. The maximum Gasteiger partial charge on any atom is 0.339 e. The molecule has 17 nitrogen and oxygen atoms in total. The smallest absolute Gasteiger partial charge is 0.339 e. The van der Waals surface area contributed by atoms with Crippen LogP contribution in [-0.4, -0.2) is 98.1 Å². The monoisotopic (exact) mass is 1210 g/mol. The van der Waals surface area contributed by atoms with Gasteiger partial charge in [0.25, 0.3) is 0 Å². The summed E-state index contributed by atoms with van der Waals surface area (Å²) in [6.07, 6.45) is 16.9. The van der Waals surface area contributed by atoms with Crippen LogP contribution in [-0.2, 0) is 38.1 Å². The molecule has 4 aromatic carbocycles. The molecule has 0 atom stereocenters. The Morgan fingerprint density at radius 1 is 0.624 bits per heavy atom. The highest BCUT2D eigenvalue weighted by atomic mass is 35.5. The van der Waals surface area contributed by atoms with Gasteiger partial charge < -0.3 is 37.9 Å². The number of hydrogen-bond donors (Lipinski definition) is 0. The minimum atomic E-state index is -0.564. The van der Waals surface area contributed by atoms with E-state index in [-0.39, 0.29) is 47.6 Å². The molecule has 2 fully saturated rings. The number of carbonyl (C=O) groups excluding carboxylic acids is 6. The Kier molecular flexibility index (Phi) is 27.5. The van der Waals surface area contributed by atoms with Gasteiger partial charge in [0.05, 0.1) is 72.2 Å². The molecule has 0 spiro atoms. The van der Waals surface area contributed by atoms with Crippen molar-refractivity contribution < 1.29 is 66.7 Å². The number of aromatic nitrogens is 1. The van der Waals surface area contributed by atoms with Gasteiger partial charge in [0.2, 0.25) is 5.13 Å². The van der Waals surface area contributed by atoms with Crippen LogP contribution in [0.5, 0.6) is 23.0 Å². The third kappa shape index (κ3) is 22.2. The molecule has 2 aliphatic carbocycles. The van der Waals surface area contributed by atoms with E-state index in [0.717, 1.165) is 93.3 Å². The van der Waals surface area contributed by atoms with Crippen molar-refractivity contribution in [2.45, 2.75) is 154 Å². The third-order valence-corrected chi connectivity index (χ3v) is 16.0. The summed E-state index contributed by atoms with van der Waals surface area (Å²) >= 11 is 7.09. The van der Waals surface area contributed by atoms with Crippen molar-refractivity contribution in [3.05, 3.63) is 120 Å². The van der Waals surface area contributed by atoms with Gasteiger partial charge in [-0.15, -0.1) is 11.6 Å². The number of hydrazone groups is 1. The average molecular weight is 1210 g/mol. The first-order valence-corrected chi connectivity index (χ1v) is 31.5. The molecule has 0 amide bonds. The second-order valence-electron chi connectivity index (χ2n) is 21.3. The van der Waals surface area contributed by atoms with E-state index >= 15 is 0 Å². The van der Waals surface area contributed by atoms with Crippen LogP contribution in [0.1, 0.15) is 168 Å². The summed E-state index contributed by atoms with van der Waals surface area (Å²) in [5.74, 6) is -1.02. The fraction of sp³-hybridized carbons (Fsp3) is 0.485. The highest BCUT2D eigenvalue weighted by Crippen LogP contribution is 2.33. The number of carbonyl (C=O) groups is 6. The van der Waals surface area contributed by atoms with Gasteiger partial charge in [-0.1, -0.05) is 56.2 Å². The molecule has 0 N–H and O–H groups in total. The molecule has 1 aromatic heterocycles. The van der Waals surface area contributed by atoms with Crippen LogP contribution in [0.15, 0.2) is 109 Å². The van der Waals surface area contributed by atoms with Gasteiger partial charge in [-0.25, -0.2) is 24.4 Å². The minimum absolute atomic E-state index is 0.220. The summed E-state index contributed by atoms with van der Waals surface area (Å²) in [6.45, 7) is 7.97. The molecule has 7 rings (SSSR count). The van der Waals surface area contributed by atoms with Gasteiger partial charge in [-0.05, 0) is 188 Å². The van der Waals surface area contributed by atoms with E-state index in [0.29, 0.717) is 118 Å². The van der Waals surface area contributed by atoms with Gasteiger partial charge in [0.15, 0.2) is 0 Å².